The molecule has 174 valence electrons. The number of aryl methyl sites for hydroxylation is 2. The molecule has 6 nitrogen and oxygen atoms in total. The van der Waals surface area contributed by atoms with E-state index in [1.54, 1.807) is 24.3 Å². The third kappa shape index (κ3) is 4.03. The topological polar surface area (TPSA) is 88.2 Å². The average molecular weight is 520 g/mol. The largest absolute Gasteiger partial charge is 0.298 e. The van der Waals surface area contributed by atoms with Gasteiger partial charge in [0.05, 0.1) is 15.1 Å². The Morgan fingerprint density at radius 3 is 2.46 bits per heavy atom. The summed E-state index contributed by atoms with van der Waals surface area (Å²) in [4.78, 5) is 17.6. The van der Waals surface area contributed by atoms with Crippen LogP contribution in [0, 0.1) is 0 Å². The van der Waals surface area contributed by atoms with Crippen molar-refractivity contribution in [2.75, 3.05) is 10.0 Å². The second-order valence-corrected chi connectivity index (χ2v) is 11.5. The van der Waals surface area contributed by atoms with Crippen molar-refractivity contribution >= 4 is 70.7 Å². The van der Waals surface area contributed by atoms with Gasteiger partial charge in [0.1, 0.15) is 0 Å². The Hall–Kier alpha value is -3.46. The van der Waals surface area contributed by atoms with Crippen LogP contribution in [0.1, 0.15) is 21.5 Å². The van der Waals surface area contributed by atoms with E-state index >= 15 is 0 Å². The highest BCUT2D eigenvalue weighted by atomic mass is 35.5. The highest BCUT2D eigenvalue weighted by Gasteiger charge is 2.19. The molecule has 0 aliphatic heterocycles. The number of halogens is 1. The van der Waals surface area contributed by atoms with E-state index in [0.717, 1.165) is 28.4 Å². The molecule has 1 aliphatic carbocycles. The predicted molar refractivity (Wildman–Crippen MR) is 141 cm³/mol. The fraction of sp³-hybridized carbons (Fsp3) is 0.0769. The number of rotatable bonds is 5. The molecule has 1 aliphatic rings. The normalized spacial score (nSPS) is 12.8. The van der Waals surface area contributed by atoms with Gasteiger partial charge in [-0.05, 0) is 84.0 Å². The number of hydrogen-bond donors (Lipinski definition) is 2. The summed E-state index contributed by atoms with van der Waals surface area (Å²) in [5.74, 6) is -0.312. The zero-order chi connectivity index (χ0) is 24.2. The molecule has 9 heteroatoms. The maximum absolute atomic E-state index is 12.8. The summed E-state index contributed by atoms with van der Waals surface area (Å²) < 4.78 is 28.7. The van der Waals surface area contributed by atoms with Gasteiger partial charge in [0.25, 0.3) is 15.9 Å². The molecule has 4 aromatic carbocycles. The van der Waals surface area contributed by atoms with Gasteiger partial charge in [0.15, 0.2) is 5.13 Å². The summed E-state index contributed by atoms with van der Waals surface area (Å²) in [6.45, 7) is 0. The number of sulfonamides is 1. The standard InChI is InChI=1S/C26H18ClN3O3S2/c27-18-8-12-20(13-9-18)35(32,33)30-19-10-6-16(7-11-19)25(31)29-26-28-24-21-3-1-2-15-4-5-17(23(15)21)14-22(24)34-26/h1-3,6-14,30H,4-5H2,(H,28,29,31). The lowest BCUT2D eigenvalue weighted by Gasteiger charge is -2.09. The van der Waals surface area contributed by atoms with Gasteiger partial charge in [-0.2, -0.15) is 0 Å². The van der Waals surface area contributed by atoms with Gasteiger partial charge < -0.3 is 0 Å². The molecule has 0 fully saturated rings. The Balaban J connectivity index is 1.21. The van der Waals surface area contributed by atoms with E-state index in [1.165, 1.54) is 52.1 Å². The van der Waals surface area contributed by atoms with E-state index in [2.05, 4.69) is 34.3 Å². The Bertz CT molecular complexity index is 1730. The Morgan fingerprint density at radius 1 is 0.943 bits per heavy atom. The minimum Gasteiger partial charge on any atom is -0.298 e. The van der Waals surface area contributed by atoms with Crippen LogP contribution in [0.4, 0.5) is 10.8 Å². The van der Waals surface area contributed by atoms with E-state index in [1.807, 2.05) is 0 Å². The minimum atomic E-state index is -3.76. The first kappa shape index (κ1) is 22.0. The summed E-state index contributed by atoms with van der Waals surface area (Å²) in [5, 5.41) is 6.28. The first-order chi connectivity index (χ1) is 16.9. The van der Waals surface area contributed by atoms with Crippen LogP contribution in [-0.4, -0.2) is 19.3 Å². The summed E-state index contributed by atoms with van der Waals surface area (Å²) >= 11 is 7.29. The molecule has 35 heavy (non-hydrogen) atoms. The van der Waals surface area contributed by atoms with Crippen molar-refractivity contribution in [3.8, 4) is 0 Å². The quantitative estimate of drug-likeness (QED) is 0.287. The van der Waals surface area contributed by atoms with Crippen molar-refractivity contribution in [2.24, 2.45) is 0 Å². The van der Waals surface area contributed by atoms with Crippen LogP contribution in [0.3, 0.4) is 0 Å². The molecule has 2 N–H and O–H groups in total. The number of carbonyl (C=O) groups is 1. The summed E-state index contributed by atoms with van der Waals surface area (Å²) in [5.41, 5.74) is 4.33. The number of thiazole rings is 1. The first-order valence-electron chi connectivity index (χ1n) is 10.9. The van der Waals surface area contributed by atoms with Crippen molar-refractivity contribution in [1.29, 1.82) is 0 Å². The maximum Gasteiger partial charge on any atom is 0.261 e. The monoisotopic (exact) mass is 519 g/mol. The molecular formula is C26H18ClN3O3S2. The fourth-order valence-corrected chi connectivity index (χ4v) is 6.57. The zero-order valence-corrected chi connectivity index (χ0v) is 20.6. The Kier molecular flexibility index (Phi) is 5.25. The van der Waals surface area contributed by atoms with Crippen LogP contribution < -0.4 is 10.0 Å². The predicted octanol–water partition coefficient (Wildman–Crippen LogP) is 6.25. The van der Waals surface area contributed by atoms with Crippen LogP contribution in [0.15, 0.2) is 77.7 Å². The average Bonchev–Trinajstić information content (AvgIpc) is 3.44. The van der Waals surface area contributed by atoms with Gasteiger partial charge in [-0.1, -0.05) is 41.1 Å². The number of nitrogens with one attached hydrogen (secondary N) is 2. The summed E-state index contributed by atoms with van der Waals surface area (Å²) in [6.07, 6.45) is 2.08. The summed E-state index contributed by atoms with van der Waals surface area (Å²) in [6, 6.07) is 20.6. The van der Waals surface area contributed by atoms with Crippen molar-refractivity contribution in [1.82, 2.24) is 4.98 Å². The van der Waals surface area contributed by atoms with Crippen LogP contribution >= 0.6 is 22.9 Å². The van der Waals surface area contributed by atoms with Gasteiger partial charge in [-0.25, -0.2) is 13.4 Å². The zero-order valence-electron chi connectivity index (χ0n) is 18.2. The van der Waals surface area contributed by atoms with Crippen LogP contribution in [-0.2, 0) is 22.9 Å². The molecule has 5 aromatic rings. The van der Waals surface area contributed by atoms with Crippen molar-refractivity contribution in [3.05, 3.63) is 94.5 Å². The Labute approximate surface area is 210 Å². The van der Waals surface area contributed by atoms with Crippen molar-refractivity contribution < 1.29 is 13.2 Å². The lowest BCUT2D eigenvalue weighted by Crippen LogP contribution is -2.14. The molecule has 0 bridgehead atoms. The van der Waals surface area contributed by atoms with Crippen molar-refractivity contribution in [3.63, 3.8) is 0 Å². The van der Waals surface area contributed by atoms with Crippen LogP contribution in [0.5, 0.6) is 0 Å². The van der Waals surface area contributed by atoms with Gasteiger partial charge in [0, 0.05) is 21.7 Å². The van der Waals surface area contributed by atoms with Gasteiger partial charge >= 0.3 is 0 Å². The van der Waals surface area contributed by atoms with E-state index < -0.39 is 10.0 Å². The van der Waals surface area contributed by atoms with Crippen LogP contribution in [0.2, 0.25) is 5.02 Å². The molecule has 0 saturated heterocycles. The molecule has 0 spiro atoms. The smallest absolute Gasteiger partial charge is 0.261 e. The summed E-state index contributed by atoms with van der Waals surface area (Å²) in [7, 11) is -3.76. The van der Waals surface area contributed by atoms with E-state index in [-0.39, 0.29) is 10.8 Å². The number of aromatic nitrogens is 1. The highest BCUT2D eigenvalue weighted by Crippen LogP contribution is 2.39. The van der Waals surface area contributed by atoms with E-state index in [0.29, 0.717) is 21.4 Å². The molecule has 0 radical (unpaired) electrons. The number of benzene rings is 4. The first-order valence-corrected chi connectivity index (χ1v) is 13.6. The number of carbonyl (C=O) groups excluding carboxylic acids is 1. The van der Waals surface area contributed by atoms with Gasteiger partial charge in [-0.15, -0.1) is 0 Å². The molecule has 1 aromatic heterocycles. The fourth-order valence-electron chi connectivity index (χ4n) is 4.44. The highest BCUT2D eigenvalue weighted by molar-refractivity contribution is 7.92. The van der Waals surface area contributed by atoms with Crippen LogP contribution in [0.25, 0.3) is 21.0 Å². The lowest BCUT2D eigenvalue weighted by atomic mass is 10.0. The number of amides is 1. The second kappa shape index (κ2) is 8.34. The van der Waals surface area contributed by atoms with Crippen molar-refractivity contribution in [2.45, 2.75) is 17.7 Å². The number of fused-ring (bicyclic) bond motifs is 2. The molecule has 0 saturated carbocycles. The molecule has 1 amide bonds. The van der Waals surface area contributed by atoms with E-state index in [4.69, 9.17) is 16.6 Å². The molecular weight excluding hydrogens is 502 g/mol. The second-order valence-electron chi connectivity index (χ2n) is 8.33. The maximum atomic E-state index is 12.8. The number of nitrogens with zero attached hydrogens (tertiary/aromatic N) is 1. The van der Waals surface area contributed by atoms with E-state index in [9.17, 15) is 13.2 Å². The molecule has 0 unspecified atom stereocenters. The van der Waals surface area contributed by atoms with Gasteiger partial charge in [0.2, 0.25) is 0 Å². The third-order valence-corrected chi connectivity index (χ3v) is 8.66. The number of hydrogen-bond acceptors (Lipinski definition) is 5. The molecule has 1 heterocycles. The third-order valence-electron chi connectivity index (χ3n) is 6.09. The molecule has 6 rings (SSSR count). The number of anilines is 2. The molecule has 0 atom stereocenters. The SMILES string of the molecule is O=C(Nc1nc2c(cc3c4c(cccc42)CC3)s1)c1ccc(NS(=O)(=O)c2ccc(Cl)cc2)cc1. The lowest BCUT2D eigenvalue weighted by molar-refractivity contribution is 0.102. The Morgan fingerprint density at radius 2 is 1.69 bits per heavy atom. The van der Waals surface area contributed by atoms with Gasteiger partial charge in [-0.3, -0.25) is 14.8 Å². The minimum absolute atomic E-state index is 0.0991.